The van der Waals surface area contributed by atoms with Crippen molar-refractivity contribution in [2.45, 2.75) is 43.4 Å². The van der Waals surface area contributed by atoms with Gasteiger partial charge in [0.25, 0.3) is 10.0 Å². The van der Waals surface area contributed by atoms with Crippen LogP contribution in [0.4, 0.5) is 0 Å². The van der Waals surface area contributed by atoms with Gasteiger partial charge in [-0.25, -0.2) is 8.42 Å². The normalized spacial score (nSPS) is 21.2. The van der Waals surface area contributed by atoms with E-state index in [0.29, 0.717) is 23.9 Å². The molecular weight excluding hydrogens is 362 g/mol. The van der Waals surface area contributed by atoms with Crippen molar-refractivity contribution in [3.05, 3.63) is 15.4 Å². The summed E-state index contributed by atoms with van der Waals surface area (Å²) < 4.78 is 33.8. The van der Waals surface area contributed by atoms with Crippen molar-refractivity contribution in [1.29, 1.82) is 0 Å². The van der Waals surface area contributed by atoms with E-state index >= 15 is 0 Å². The molecule has 0 bridgehead atoms. The summed E-state index contributed by atoms with van der Waals surface area (Å²) in [6.07, 6.45) is 2.79. The Balaban J connectivity index is 2.12. The zero-order chi connectivity index (χ0) is 14.8. The van der Waals surface area contributed by atoms with E-state index in [1.165, 1.54) is 11.3 Å². The number of piperidine rings is 1. The lowest BCUT2D eigenvalue weighted by molar-refractivity contribution is 0.0194. The number of hydrogen-bond donors (Lipinski definition) is 0. The first kappa shape index (κ1) is 16.4. The minimum Gasteiger partial charge on any atom is -0.377 e. The fourth-order valence-corrected chi connectivity index (χ4v) is 6.12. The minimum atomic E-state index is -3.38. The Morgan fingerprint density at radius 2 is 2.30 bits per heavy atom. The quantitative estimate of drug-likeness (QED) is 0.784. The van der Waals surface area contributed by atoms with Gasteiger partial charge in [-0.1, -0.05) is 6.92 Å². The Hall–Kier alpha value is 0.0500. The molecule has 2 heterocycles. The molecule has 4 nitrogen and oxygen atoms in total. The molecule has 0 aromatic carbocycles. The summed E-state index contributed by atoms with van der Waals surface area (Å²) in [5, 5.41) is 0. The first-order valence-corrected chi connectivity index (χ1v) is 9.87. The van der Waals surface area contributed by atoms with E-state index in [4.69, 9.17) is 4.74 Å². The third kappa shape index (κ3) is 3.62. The average Bonchev–Trinajstić information content (AvgIpc) is 2.77. The highest BCUT2D eigenvalue weighted by atomic mass is 79.9. The average molecular weight is 382 g/mol. The number of aryl methyl sites for hydroxylation is 1. The van der Waals surface area contributed by atoms with E-state index in [0.717, 1.165) is 28.6 Å². The molecule has 0 aliphatic carbocycles. The molecule has 7 heteroatoms. The molecule has 1 unspecified atom stereocenters. The van der Waals surface area contributed by atoms with Crippen LogP contribution in [0.1, 0.15) is 31.7 Å². The van der Waals surface area contributed by atoms with Crippen molar-refractivity contribution in [2.75, 3.05) is 19.7 Å². The number of rotatable bonds is 5. The monoisotopic (exact) mass is 381 g/mol. The molecule has 114 valence electrons. The molecule has 0 saturated carbocycles. The summed E-state index contributed by atoms with van der Waals surface area (Å²) in [4.78, 5) is 0. The summed E-state index contributed by atoms with van der Waals surface area (Å²) in [5.74, 6) is 0. The van der Waals surface area contributed by atoms with E-state index in [2.05, 4.69) is 22.9 Å². The van der Waals surface area contributed by atoms with Gasteiger partial charge < -0.3 is 4.74 Å². The SMILES string of the molecule is CCCOC1CCCN(S(=O)(=O)c2cc(C)c(Br)s2)C1. The van der Waals surface area contributed by atoms with Crippen LogP contribution in [0.5, 0.6) is 0 Å². The maximum atomic E-state index is 12.6. The summed E-state index contributed by atoms with van der Waals surface area (Å²) in [6, 6.07) is 1.74. The van der Waals surface area contributed by atoms with Crippen LogP contribution >= 0.6 is 27.3 Å². The number of sulfonamides is 1. The zero-order valence-corrected chi connectivity index (χ0v) is 15.0. The van der Waals surface area contributed by atoms with Crippen LogP contribution in [0.15, 0.2) is 14.1 Å². The molecule has 0 radical (unpaired) electrons. The molecule has 1 atom stereocenters. The topological polar surface area (TPSA) is 46.6 Å². The number of thiophene rings is 1. The van der Waals surface area contributed by atoms with E-state index in [9.17, 15) is 8.42 Å². The van der Waals surface area contributed by atoms with Gasteiger partial charge in [0.05, 0.1) is 9.89 Å². The largest absolute Gasteiger partial charge is 0.377 e. The molecule has 1 aliphatic rings. The predicted octanol–water partition coefficient (Wildman–Crippen LogP) is 3.40. The lowest BCUT2D eigenvalue weighted by Gasteiger charge is -2.31. The minimum absolute atomic E-state index is 0.0305. The van der Waals surface area contributed by atoms with E-state index in [-0.39, 0.29) is 6.10 Å². The van der Waals surface area contributed by atoms with Crippen molar-refractivity contribution in [3.8, 4) is 0 Å². The van der Waals surface area contributed by atoms with Crippen molar-refractivity contribution in [1.82, 2.24) is 4.31 Å². The van der Waals surface area contributed by atoms with Crippen LogP contribution in [0, 0.1) is 6.92 Å². The Kier molecular flexibility index (Phi) is 5.64. The predicted molar refractivity (Wildman–Crippen MR) is 84.8 cm³/mol. The number of ether oxygens (including phenoxy) is 1. The van der Waals surface area contributed by atoms with Gasteiger partial charge in [0.1, 0.15) is 4.21 Å². The maximum Gasteiger partial charge on any atom is 0.252 e. The van der Waals surface area contributed by atoms with Crippen LogP contribution in [-0.4, -0.2) is 38.5 Å². The molecule has 1 aliphatic heterocycles. The molecule has 0 N–H and O–H groups in total. The van der Waals surface area contributed by atoms with E-state index in [1.807, 2.05) is 6.92 Å². The highest BCUT2D eigenvalue weighted by Gasteiger charge is 2.31. The van der Waals surface area contributed by atoms with Crippen molar-refractivity contribution >= 4 is 37.3 Å². The Morgan fingerprint density at radius 3 is 2.90 bits per heavy atom. The van der Waals surface area contributed by atoms with Crippen molar-refractivity contribution in [3.63, 3.8) is 0 Å². The van der Waals surface area contributed by atoms with E-state index < -0.39 is 10.0 Å². The Morgan fingerprint density at radius 1 is 1.55 bits per heavy atom. The maximum absolute atomic E-state index is 12.6. The first-order valence-electron chi connectivity index (χ1n) is 6.83. The highest BCUT2D eigenvalue weighted by Crippen LogP contribution is 2.33. The molecule has 1 aromatic rings. The molecule has 1 saturated heterocycles. The Labute approximate surface area is 133 Å². The van der Waals surface area contributed by atoms with Gasteiger partial charge in [0.15, 0.2) is 0 Å². The highest BCUT2D eigenvalue weighted by molar-refractivity contribution is 9.11. The third-order valence-corrected chi connectivity index (χ3v) is 7.78. The van der Waals surface area contributed by atoms with Gasteiger partial charge >= 0.3 is 0 Å². The van der Waals surface area contributed by atoms with Crippen LogP contribution in [0.3, 0.4) is 0 Å². The summed E-state index contributed by atoms with van der Waals surface area (Å²) >= 11 is 4.67. The Bertz CT molecular complexity index is 536. The lowest BCUT2D eigenvalue weighted by atomic mass is 10.1. The second kappa shape index (κ2) is 6.87. The van der Waals surface area contributed by atoms with Gasteiger partial charge in [0.2, 0.25) is 0 Å². The molecule has 2 rings (SSSR count). The summed E-state index contributed by atoms with van der Waals surface area (Å²) in [7, 11) is -3.38. The third-order valence-electron chi connectivity index (χ3n) is 3.33. The summed E-state index contributed by atoms with van der Waals surface area (Å²) in [5.41, 5.74) is 0.962. The van der Waals surface area contributed by atoms with E-state index in [1.54, 1.807) is 10.4 Å². The van der Waals surface area contributed by atoms with Gasteiger partial charge in [-0.05, 0) is 53.7 Å². The standard InChI is InChI=1S/C13H20BrNO3S2/c1-3-7-18-11-5-4-6-15(9-11)20(16,17)12-8-10(2)13(14)19-12/h8,11H,3-7,9H2,1-2H3. The molecular formula is C13H20BrNO3S2. The van der Waals surface area contributed by atoms with Crippen LogP contribution < -0.4 is 0 Å². The van der Waals surface area contributed by atoms with Crippen LogP contribution in [-0.2, 0) is 14.8 Å². The van der Waals surface area contributed by atoms with Crippen LogP contribution in [0.25, 0.3) is 0 Å². The molecule has 1 aromatic heterocycles. The van der Waals surface area contributed by atoms with Gasteiger partial charge in [-0.2, -0.15) is 4.31 Å². The van der Waals surface area contributed by atoms with Gasteiger partial charge in [-0.3, -0.25) is 0 Å². The van der Waals surface area contributed by atoms with Gasteiger partial charge in [0, 0.05) is 19.7 Å². The molecule has 20 heavy (non-hydrogen) atoms. The molecule has 1 fully saturated rings. The van der Waals surface area contributed by atoms with Gasteiger partial charge in [-0.15, -0.1) is 11.3 Å². The first-order chi connectivity index (χ1) is 9.45. The molecule has 0 amide bonds. The second-order valence-electron chi connectivity index (χ2n) is 5.02. The van der Waals surface area contributed by atoms with Crippen molar-refractivity contribution < 1.29 is 13.2 Å². The smallest absolute Gasteiger partial charge is 0.252 e. The fourth-order valence-electron chi connectivity index (χ4n) is 2.23. The molecule has 0 spiro atoms. The van der Waals surface area contributed by atoms with Crippen LogP contribution in [0.2, 0.25) is 0 Å². The zero-order valence-electron chi connectivity index (χ0n) is 11.8. The number of hydrogen-bond acceptors (Lipinski definition) is 4. The second-order valence-corrected chi connectivity index (χ2v) is 9.56. The summed E-state index contributed by atoms with van der Waals surface area (Å²) in [6.45, 7) is 5.72. The van der Waals surface area contributed by atoms with Crippen molar-refractivity contribution in [2.24, 2.45) is 0 Å². The number of nitrogens with zero attached hydrogens (tertiary/aromatic N) is 1. The lowest BCUT2D eigenvalue weighted by Crippen LogP contribution is -2.43. The fraction of sp³-hybridized carbons (Fsp3) is 0.692. The number of halogens is 1.